The number of carboxylic acids is 1. The number of hydrogen-bond acceptors (Lipinski definition) is 3. The summed E-state index contributed by atoms with van der Waals surface area (Å²) in [5, 5.41) is 13.0. The van der Waals surface area contributed by atoms with Gasteiger partial charge in [-0.05, 0) is 12.8 Å². The van der Waals surface area contributed by atoms with Crippen molar-refractivity contribution in [1.82, 2.24) is 9.78 Å². The molecule has 0 spiro atoms. The van der Waals surface area contributed by atoms with E-state index in [2.05, 4.69) is 5.10 Å². The second-order valence-electron chi connectivity index (χ2n) is 3.81. The molecule has 1 N–H and O–H groups in total. The molecule has 2 atom stereocenters. The molecule has 1 aromatic heterocycles. The molecule has 15 heavy (non-hydrogen) atoms. The highest BCUT2D eigenvalue weighted by atomic mass is 16.4. The topological polar surface area (TPSA) is 72.2 Å². The standard InChI is InChI=1S/C10H12N2O3/c13-6-7-4-11-12(5-7)9-3-1-2-8(9)10(14)15/h4-6,8-9H,1-3H2,(H,14,15). The van der Waals surface area contributed by atoms with Gasteiger partial charge in [0.1, 0.15) is 0 Å². The predicted molar refractivity (Wildman–Crippen MR) is 51.6 cm³/mol. The Labute approximate surface area is 86.7 Å². The molecule has 1 aliphatic rings. The molecule has 0 amide bonds. The second kappa shape index (κ2) is 3.84. The van der Waals surface area contributed by atoms with Crippen LogP contribution in [0.4, 0.5) is 0 Å². The van der Waals surface area contributed by atoms with E-state index in [9.17, 15) is 9.59 Å². The van der Waals surface area contributed by atoms with Gasteiger partial charge in [-0.2, -0.15) is 5.10 Å². The van der Waals surface area contributed by atoms with Gasteiger partial charge >= 0.3 is 5.97 Å². The normalized spacial score (nSPS) is 25.3. The predicted octanol–water partition coefficient (Wildman–Crippen LogP) is 1.12. The average molecular weight is 208 g/mol. The highest BCUT2D eigenvalue weighted by molar-refractivity contribution is 5.73. The number of carbonyl (C=O) groups excluding carboxylic acids is 1. The molecule has 80 valence electrons. The molecule has 5 nitrogen and oxygen atoms in total. The SMILES string of the molecule is O=Cc1cnn(C2CCCC2C(=O)O)c1. The van der Waals surface area contributed by atoms with E-state index in [-0.39, 0.29) is 12.0 Å². The summed E-state index contributed by atoms with van der Waals surface area (Å²) in [5.41, 5.74) is 0.492. The Bertz CT molecular complexity index is 386. The van der Waals surface area contributed by atoms with Crippen LogP contribution in [0.5, 0.6) is 0 Å². The van der Waals surface area contributed by atoms with Gasteiger partial charge in [-0.25, -0.2) is 0 Å². The molecular weight excluding hydrogens is 196 g/mol. The molecule has 1 aliphatic carbocycles. The van der Waals surface area contributed by atoms with Crippen LogP contribution < -0.4 is 0 Å². The Morgan fingerprint density at radius 1 is 1.60 bits per heavy atom. The molecular formula is C10H12N2O3. The Hall–Kier alpha value is -1.65. The third-order valence-corrected chi connectivity index (χ3v) is 2.89. The van der Waals surface area contributed by atoms with Crippen LogP contribution in [0.25, 0.3) is 0 Å². The molecule has 1 heterocycles. The highest BCUT2D eigenvalue weighted by Crippen LogP contribution is 2.35. The van der Waals surface area contributed by atoms with Crippen LogP contribution in [0.2, 0.25) is 0 Å². The van der Waals surface area contributed by atoms with Crippen molar-refractivity contribution < 1.29 is 14.7 Å². The van der Waals surface area contributed by atoms with Crippen LogP contribution in [-0.2, 0) is 4.79 Å². The van der Waals surface area contributed by atoms with E-state index in [1.165, 1.54) is 6.20 Å². The number of carboxylic acid groups (broad SMARTS) is 1. The summed E-state index contributed by atoms with van der Waals surface area (Å²) in [6.07, 6.45) is 6.20. The quantitative estimate of drug-likeness (QED) is 0.755. The lowest BCUT2D eigenvalue weighted by molar-refractivity contribution is -0.142. The van der Waals surface area contributed by atoms with Crippen molar-refractivity contribution in [3.05, 3.63) is 18.0 Å². The van der Waals surface area contributed by atoms with Gasteiger partial charge in [0.15, 0.2) is 6.29 Å². The van der Waals surface area contributed by atoms with Gasteiger partial charge in [0.2, 0.25) is 0 Å². The molecule has 2 rings (SSSR count). The number of aldehydes is 1. The fourth-order valence-corrected chi connectivity index (χ4v) is 2.14. The van der Waals surface area contributed by atoms with Gasteiger partial charge < -0.3 is 5.11 Å². The minimum Gasteiger partial charge on any atom is -0.481 e. The van der Waals surface area contributed by atoms with E-state index in [0.29, 0.717) is 18.3 Å². The molecule has 0 aliphatic heterocycles. The summed E-state index contributed by atoms with van der Waals surface area (Å²) in [6, 6.07) is -0.101. The van der Waals surface area contributed by atoms with E-state index >= 15 is 0 Å². The molecule has 1 aromatic rings. The number of hydrogen-bond donors (Lipinski definition) is 1. The van der Waals surface area contributed by atoms with Gasteiger partial charge in [0.25, 0.3) is 0 Å². The summed E-state index contributed by atoms with van der Waals surface area (Å²) >= 11 is 0. The van der Waals surface area contributed by atoms with Gasteiger partial charge in [-0.15, -0.1) is 0 Å². The minimum absolute atomic E-state index is 0.101. The molecule has 0 bridgehead atoms. The fourth-order valence-electron chi connectivity index (χ4n) is 2.14. The number of aliphatic carboxylic acids is 1. The smallest absolute Gasteiger partial charge is 0.308 e. The number of nitrogens with zero attached hydrogens (tertiary/aromatic N) is 2. The summed E-state index contributed by atoms with van der Waals surface area (Å²) in [4.78, 5) is 21.4. The first kappa shape index (κ1) is 9.89. The first-order valence-corrected chi connectivity index (χ1v) is 4.94. The molecule has 5 heteroatoms. The average Bonchev–Trinajstić information content (AvgIpc) is 2.85. The zero-order valence-corrected chi connectivity index (χ0v) is 8.17. The van der Waals surface area contributed by atoms with Crippen molar-refractivity contribution in [2.24, 2.45) is 5.92 Å². The van der Waals surface area contributed by atoms with E-state index in [0.717, 1.165) is 12.8 Å². The lowest BCUT2D eigenvalue weighted by Gasteiger charge is -2.15. The second-order valence-corrected chi connectivity index (χ2v) is 3.81. The van der Waals surface area contributed by atoms with Crippen LogP contribution in [-0.4, -0.2) is 27.1 Å². The lowest BCUT2D eigenvalue weighted by Crippen LogP contribution is -2.21. The van der Waals surface area contributed by atoms with Crippen LogP contribution in [0, 0.1) is 5.92 Å². The molecule has 0 aromatic carbocycles. The maximum absolute atomic E-state index is 11.0. The fraction of sp³-hybridized carbons (Fsp3) is 0.500. The minimum atomic E-state index is -0.777. The number of carbonyl (C=O) groups is 2. The van der Waals surface area contributed by atoms with Crippen molar-refractivity contribution in [1.29, 1.82) is 0 Å². The summed E-state index contributed by atoms with van der Waals surface area (Å²) < 4.78 is 1.61. The van der Waals surface area contributed by atoms with E-state index in [1.54, 1.807) is 10.9 Å². The number of aromatic nitrogens is 2. The maximum Gasteiger partial charge on any atom is 0.308 e. The van der Waals surface area contributed by atoms with Crippen molar-refractivity contribution in [2.45, 2.75) is 25.3 Å². The van der Waals surface area contributed by atoms with E-state index in [1.807, 2.05) is 0 Å². The first-order chi connectivity index (χ1) is 7.22. The Balaban J connectivity index is 2.22. The molecule has 2 unspecified atom stereocenters. The van der Waals surface area contributed by atoms with E-state index in [4.69, 9.17) is 5.11 Å². The first-order valence-electron chi connectivity index (χ1n) is 4.94. The number of rotatable bonds is 3. The van der Waals surface area contributed by atoms with Crippen LogP contribution in [0.15, 0.2) is 12.4 Å². The lowest BCUT2D eigenvalue weighted by atomic mass is 10.0. The molecule has 1 saturated carbocycles. The zero-order valence-electron chi connectivity index (χ0n) is 8.17. The maximum atomic E-state index is 11.0. The molecule has 0 radical (unpaired) electrons. The molecule has 0 saturated heterocycles. The third kappa shape index (κ3) is 1.77. The van der Waals surface area contributed by atoms with Gasteiger partial charge in [0, 0.05) is 6.20 Å². The summed E-state index contributed by atoms with van der Waals surface area (Å²) in [5.74, 6) is -1.15. The van der Waals surface area contributed by atoms with Crippen LogP contribution in [0.3, 0.4) is 0 Å². The largest absolute Gasteiger partial charge is 0.481 e. The van der Waals surface area contributed by atoms with E-state index < -0.39 is 5.97 Å². The van der Waals surface area contributed by atoms with Gasteiger partial charge in [-0.3, -0.25) is 14.3 Å². The Kier molecular flexibility index (Phi) is 2.53. The van der Waals surface area contributed by atoms with Gasteiger partial charge in [0.05, 0.1) is 23.7 Å². The highest BCUT2D eigenvalue weighted by Gasteiger charge is 2.34. The third-order valence-electron chi connectivity index (χ3n) is 2.89. The summed E-state index contributed by atoms with van der Waals surface area (Å²) in [7, 11) is 0. The molecule has 1 fully saturated rings. The van der Waals surface area contributed by atoms with Crippen molar-refractivity contribution in [3.63, 3.8) is 0 Å². The summed E-state index contributed by atoms with van der Waals surface area (Å²) in [6.45, 7) is 0. The Morgan fingerprint density at radius 2 is 2.40 bits per heavy atom. The van der Waals surface area contributed by atoms with Crippen LogP contribution in [0.1, 0.15) is 35.7 Å². The van der Waals surface area contributed by atoms with Gasteiger partial charge in [-0.1, -0.05) is 6.42 Å². The zero-order chi connectivity index (χ0) is 10.8. The van der Waals surface area contributed by atoms with Crippen molar-refractivity contribution in [2.75, 3.05) is 0 Å². The van der Waals surface area contributed by atoms with Crippen LogP contribution >= 0.6 is 0 Å². The van der Waals surface area contributed by atoms with Crippen molar-refractivity contribution >= 4 is 12.3 Å². The monoisotopic (exact) mass is 208 g/mol. The van der Waals surface area contributed by atoms with Crippen molar-refractivity contribution in [3.8, 4) is 0 Å². The Morgan fingerprint density at radius 3 is 3.00 bits per heavy atom.